The maximum atomic E-state index is 14.2. The van der Waals surface area contributed by atoms with Gasteiger partial charge in [-0.1, -0.05) is 60.7 Å². The van der Waals surface area contributed by atoms with Gasteiger partial charge in [0.05, 0.1) is 14.2 Å². The molecule has 2 aliphatic heterocycles. The number of carboxylic acid groups (broad SMARTS) is 1. The van der Waals surface area contributed by atoms with Gasteiger partial charge in [-0.15, -0.1) is 0 Å². The number of nitrogens with zero attached hydrogens (tertiary/aromatic N) is 1. The predicted molar refractivity (Wildman–Crippen MR) is 133 cm³/mol. The number of rotatable bonds is 8. The first-order valence-electron chi connectivity index (χ1n) is 12.1. The van der Waals surface area contributed by atoms with Gasteiger partial charge >= 0.3 is 11.9 Å². The largest absolute Gasteiger partial charge is 0.493 e. The molecular weight excluding hydrogens is 458 g/mol. The van der Waals surface area contributed by atoms with E-state index >= 15 is 0 Å². The summed E-state index contributed by atoms with van der Waals surface area (Å²) in [6.07, 6.45) is 0.273. The van der Waals surface area contributed by atoms with Crippen LogP contribution in [0.4, 0.5) is 0 Å². The number of carboxylic acids is 1. The first kappa shape index (κ1) is 23.9. The molecule has 0 radical (unpaired) electrons. The quantitative estimate of drug-likeness (QED) is 0.463. The van der Waals surface area contributed by atoms with Crippen molar-refractivity contribution in [2.45, 2.75) is 36.9 Å². The summed E-state index contributed by atoms with van der Waals surface area (Å²) in [6.45, 7) is 0.560. The van der Waals surface area contributed by atoms with Gasteiger partial charge < -0.3 is 19.3 Å². The third kappa shape index (κ3) is 3.80. The van der Waals surface area contributed by atoms with E-state index in [-0.39, 0.29) is 18.8 Å². The number of cyclic esters (lactones) is 1. The second-order valence-electron chi connectivity index (χ2n) is 9.14. The molecule has 0 aliphatic carbocycles. The third-order valence-corrected chi connectivity index (χ3v) is 7.35. The van der Waals surface area contributed by atoms with Gasteiger partial charge in [0, 0.05) is 24.4 Å². The second kappa shape index (κ2) is 9.66. The summed E-state index contributed by atoms with van der Waals surface area (Å²) >= 11 is 0. The Morgan fingerprint density at radius 3 is 2.33 bits per heavy atom. The number of carbonyl (C=O) groups is 2. The smallest absolute Gasteiger partial charge is 0.333 e. The second-order valence-corrected chi connectivity index (χ2v) is 9.14. The van der Waals surface area contributed by atoms with E-state index in [0.717, 1.165) is 22.3 Å². The van der Waals surface area contributed by atoms with E-state index in [2.05, 4.69) is 4.90 Å². The van der Waals surface area contributed by atoms with Crippen molar-refractivity contribution in [3.63, 3.8) is 0 Å². The van der Waals surface area contributed by atoms with Crippen molar-refractivity contribution in [3.05, 3.63) is 95.1 Å². The summed E-state index contributed by atoms with van der Waals surface area (Å²) in [7, 11) is 3.15. The lowest BCUT2D eigenvalue weighted by atomic mass is 9.68. The molecule has 3 aromatic carbocycles. The highest BCUT2D eigenvalue weighted by Crippen LogP contribution is 2.57. The lowest BCUT2D eigenvalue weighted by molar-refractivity contribution is -0.147. The molecule has 36 heavy (non-hydrogen) atoms. The molecule has 1 N–H and O–H groups in total. The number of ether oxygens (including phenoxy) is 3. The van der Waals surface area contributed by atoms with E-state index in [1.807, 2.05) is 72.8 Å². The number of hydrogen-bond donors (Lipinski definition) is 1. The van der Waals surface area contributed by atoms with Gasteiger partial charge in [0.15, 0.2) is 23.3 Å². The molecule has 0 bridgehead atoms. The van der Waals surface area contributed by atoms with Crippen molar-refractivity contribution < 1.29 is 28.9 Å². The molecule has 1 saturated heterocycles. The standard InChI is InChI=1S/C29H29NO6/c1-34-24-17-21-15-16-30-27(20-11-7-4-8-12-20)36-28(33)29(30,23(21)18-25(24)35-2)22(13-14-26(31)32)19-9-5-3-6-10-19/h3-12,17-18,22,27H,13-16H2,1-2H3,(H,31,32). The number of methoxy groups -OCH3 is 2. The highest BCUT2D eigenvalue weighted by molar-refractivity contribution is 5.88. The number of carbonyl (C=O) groups excluding carboxylic acids is 1. The van der Waals surface area contributed by atoms with Crippen molar-refractivity contribution in [2.75, 3.05) is 20.8 Å². The number of fused-ring (bicyclic) bond motifs is 3. The van der Waals surface area contributed by atoms with E-state index in [0.29, 0.717) is 24.5 Å². The summed E-state index contributed by atoms with van der Waals surface area (Å²) < 4.78 is 17.4. The Bertz CT molecular complexity index is 1260. The van der Waals surface area contributed by atoms with Gasteiger partial charge in [-0.25, -0.2) is 9.69 Å². The zero-order valence-corrected chi connectivity index (χ0v) is 20.3. The number of aliphatic carboxylic acids is 1. The van der Waals surface area contributed by atoms with Crippen molar-refractivity contribution in [3.8, 4) is 11.5 Å². The Morgan fingerprint density at radius 2 is 1.69 bits per heavy atom. The maximum absolute atomic E-state index is 14.2. The average molecular weight is 488 g/mol. The summed E-state index contributed by atoms with van der Waals surface area (Å²) in [5, 5.41) is 9.62. The SMILES string of the molecule is COc1cc2c(cc1OC)C1(C(CCC(=O)O)c3ccccc3)C(=O)OC(c3ccccc3)N1CC2. The normalized spacial score (nSPS) is 21.7. The minimum Gasteiger partial charge on any atom is -0.493 e. The van der Waals surface area contributed by atoms with Crippen LogP contribution in [0.1, 0.15) is 47.2 Å². The molecule has 2 heterocycles. The van der Waals surface area contributed by atoms with Crippen molar-refractivity contribution in [1.29, 1.82) is 0 Å². The molecule has 5 rings (SSSR count). The van der Waals surface area contributed by atoms with Crippen molar-refractivity contribution >= 4 is 11.9 Å². The van der Waals surface area contributed by atoms with E-state index in [1.165, 1.54) is 0 Å². The van der Waals surface area contributed by atoms with Crippen LogP contribution in [0.2, 0.25) is 0 Å². The molecule has 1 fully saturated rings. The van der Waals surface area contributed by atoms with Crippen LogP contribution >= 0.6 is 0 Å². The minimum absolute atomic E-state index is 0.0823. The van der Waals surface area contributed by atoms with E-state index < -0.39 is 23.7 Å². The molecule has 0 amide bonds. The fourth-order valence-corrected chi connectivity index (χ4v) is 5.80. The molecule has 3 unspecified atom stereocenters. The number of esters is 1. The molecule has 3 aromatic rings. The zero-order valence-electron chi connectivity index (χ0n) is 20.3. The van der Waals surface area contributed by atoms with E-state index in [1.54, 1.807) is 14.2 Å². The Labute approximate surface area is 210 Å². The molecule has 0 saturated carbocycles. The Kier molecular flexibility index (Phi) is 6.41. The van der Waals surface area contributed by atoms with Gasteiger partial charge in [0.2, 0.25) is 0 Å². The molecule has 186 valence electrons. The number of benzene rings is 3. The van der Waals surface area contributed by atoms with Gasteiger partial charge in [-0.05, 0) is 41.7 Å². The summed E-state index contributed by atoms with van der Waals surface area (Å²) in [5.74, 6) is -0.656. The minimum atomic E-state index is -1.23. The van der Waals surface area contributed by atoms with Crippen LogP contribution in [0, 0.1) is 0 Å². The Balaban J connectivity index is 1.77. The summed E-state index contributed by atoms with van der Waals surface area (Å²) in [5.41, 5.74) is 2.27. The van der Waals surface area contributed by atoms with Crippen molar-refractivity contribution in [1.82, 2.24) is 4.90 Å². The maximum Gasteiger partial charge on any atom is 0.333 e. The zero-order chi connectivity index (χ0) is 25.3. The van der Waals surface area contributed by atoms with Crippen molar-refractivity contribution in [2.24, 2.45) is 0 Å². The Hall–Kier alpha value is -3.84. The molecule has 0 aromatic heterocycles. The van der Waals surface area contributed by atoms with Crippen LogP contribution in [0.25, 0.3) is 0 Å². The lowest BCUT2D eigenvalue weighted by Crippen LogP contribution is -2.54. The summed E-state index contributed by atoms with van der Waals surface area (Å²) in [4.78, 5) is 28.1. The fourth-order valence-electron chi connectivity index (χ4n) is 5.80. The van der Waals surface area contributed by atoms with Gasteiger partial charge in [-0.2, -0.15) is 0 Å². The van der Waals surface area contributed by atoms with E-state index in [9.17, 15) is 14.7 Å². The number of hydrogen-bond acceptors (Lipinski definition) is 6. The molecular formula is C29H29NO6. The molecule has 7 nitrogen and oxygen atoms in total. The molecule has 2 aliphatic rings. The topological polar surface area (TPSA) is 85.3 Å². The molecule has 0 spiro atoms. The average Bonchev–Trinajstić information content (AvgIpc) is 3.22. The van der Waals surface area contributed by atoms with Crippen LogP contribution in [0.3, 0.4) is 0 Å². The summed E-state index contributed by atoms with van der Waals surface area (Å²) in [6, 6.07) is 23.1. The molecule has 3 atom stereocenters. The first-order valence-corrected chi connectivity index (χ1v) is 12.1. The van der Waals surface area contributed by atoms with Crippen LogP contribution < -0.4 is 9.47 Å². The fraction of sp³-hybridized carbons (Fsp3) is 0.310. The van der Waals surface area contributed by atoms with Gasteiger partial charge in [0.1, 0.15) is 0 Å². The molecule has 7 heteroatoms. The van der Waals surface area contributed by atoms with Crippen LogP contribution in [-0.4, -0.2) is 42.7 Å². The monoisotopic (exact) mass is 487 g/mol. The Morgan fingerprint density at radius 1 is 1.06 bits per heavy atom. The van der Waals surface area contributed by atoms with Crippen LogP contribution in [0.5, 0.6) is 11.5 Å². The van der Waals surface area contributed by atoms with Gasteiger partial charge in [0.25, 0.3) is 0 Å². The van der Waals surface area contributed by atoms with Crippen LogP contribution in [0.15, 0.2) is 72.8 Å². The van der Waals surface area contributed by atoms with Crippen LogP contribution in [-0.2, 0) is 26.3 Å². The van der Waals surface area contributed by atoms with Gasteiger partial charge in [-0.3, -0.25) is 4.79 Å². The highest BCUT2D eigenvalue weighted by Gasteiger charge is 2.63. The highest BCUT2D eigenvalue weighted by atomic mass is 16.6. The van der Waals surface area contributed by atoms with E-state index in [4.69, 9.17) is 14.2 Å². The first-order chi connectivity index (χ1) is 17.5. The third-order valence-electron chi connectivity index (χ3n) is 7.35. The lowest BCUT2D eigenvalue weighted by Gasteiger charge is -2.46. The predicted octanol–water partition coefficient (Wildman–Crippen LogP) is 4.66.